The molecule has 19 heavy (non-hydrogen) atoms. The molecular formula is C14H22N2O3. The summed E-state index contributed by atoms with van der Waals surface area (Å²) in [6, 6.07) is -0.0106. The highest BCUT2D eigenvalue weighted by Crippen LogP contribution is 2.36. The Kier molecular flexibility index (Phi) is 4.12. The second kappa shape index (κ2) is 5.63. The van der Waals surface area contributed by atoms with Crippen molar-refractivity contribution in [2.75, 3.05) is 26.2 Å². The summed E-state index contributed by atoms with van der Waals surface area (Å²) in [6.45, 7) is 4.29. The molecular weight excluding hydrogens is 244 g/mol. The summed E-state index contributed by atoms with van der Waals surface area (Å²) in [6.07, 6.45) is 7.01. The molecule has 0 aromatic rings. The van der Waals surface area contributed by atoms with E-state index >= 15 is 0 Å². The molecule has 1 atom stereocenters. The van der Waals surface area contributed by atoms with Crippen LogP contribution in [0.1, 0.15) is 32.6 Å². The van der Waals surface area contributed by atoms with Crippen molar-refractivity contribution in [2.24, 2.45) is 5.41 Å². The average molecular weight is 266 g/mol. The Balaban J connectivity index is 2.02. The molecule has 1 fully saturated rings. The van der Waals surface area contributed by atoms with Crippen LogP contribution < -0.4 is 0 Å². The Morgan fingerprint density at radius 1 is 1.26 bits per heavy atom. The third kappa shape index (κ3) is 2.74. The normalized spacial score (nSPS) is 26.8. The van der Waals surface area contributed by atoms with E-state index < -0.39 is 11.4 Å². The third-order valence-electron chi connectivity index (χ3n) is 4.14. The van der Waals surface area contributed by atoms with E-state index in [-0.39, 0.29) is 6.03 Å². The van der Waals surface area contributed by atoms with Gasteiger partial charge in [-0.3, -0.25) is 4.79 Å². The lowest BCUT2D eigenvalue weighted by molar-refractivity contribution is -0.148. The first-order valence-electron chi connectivity index (χ1n) is 7.01. The molecule has 1 unspecified atom stereocenters. The van der Waals surface area contributed by atoms with E-state index in [9.17, 15) is 14.7 Å². The van der Waals surface area contributed by atoms with Crippen molar-refractivity contribution in [1.29, 1.82) is 0 Å². The van der Waals surface area contributed by atoms with Gasteiger partial charge in [0, 0.05) is 26.2 Å². The number of carbonyl (C=O) groups excluding carboxylic acids is 1. The molecule has 1 N–H and O–H groups in total. The van der Waals surface area contributed by atoms with Crippen LogP contribution in [0.5, 0.6) is 0 Å². The maximum Gasteiger partial charge on any atom is 0.320 e. The second-order valence-corrected chi connectivity index (χ2v) is 5.50. The quantitative estimate of drug-likeness (QED) is 0.794. The largest absolute Gasteiger partial charge is 0.481 e. The molecule has 0 aromatic carbocycles. The van der Waals surface area contributed by atoms with Gasteiger partial charge < -0.3 is 14.9 Å². The molecule has 5 nitrogen and oxygen atoms in total. The Morgan fingerprint density at radius 3 is 2.63 bits per heavy atom. The number of carboxylic acid groups (broad SMARTS) is 1. The van der Waals surface area contributed by atoms with Crippen molar-refractivity contribution < 1.29 is 14.7 Å². The zero-order chi connectivity index (χ0) is 13.9. The van der Waals surface area contributed by atoms with Gasteiger partial charge in [-0.2, -0.15) is 0 Å². The number of hydrogen-bond acceptors (Lipinski definition) is 2. The van der Waals surface area contributed by atoms with Gasteiger partial charge in [-0.15, -0.1) is 0 Å². The van der Waals surface area contributed by atoms with Crippen LogP contribution in [-0.4, -0.2) is 53.1 Å². The van der Waals surface area contributed by atoms with Crippen molar-refractivity contribution in [2.45, 2.75) is 32.6 Å². The fourth-order valence-electron chi connectivity index (χ4n) is 3.01. The number of carboxylic acids is 1. The Labute approximate surface area is 113 Å². The van der Waals surface area contributed by atoms with Gasteiger partial charge in [-0.1, -0.05) is 25.5 Å². The van der Waals surface area contributed by atoms with Gasteiger partial charge >= 0.3 is 12.0 Å². The first-order chi connectivity index (χ1) is 9.09. The Bertz CT molecular complexity index is 394. The summed E-state index contributed by atoms with van der Waals surface area (Å²) in [5.74, 6) is -0.761. The van der Waals surface area contributed by atoms with E-state index in [0.29, 0.717) is 32.5 Å². The lowest BCUT2D eigenvalue weighted by atomic mass is 9.83. The van der Waals surface area contributed by atoms with Gasteiger partial charge in [0.15, 0.2) is 0 Å². The highest BCUT2D eigenvalue weighted by atomic mass is 16.4. The predicted molar refractivity (Wildman–Crippen MR) is 71.9 cm³/mol. The highest BCUT2D eigenvalue weighted by molar-refractivity contribution is 5.80. The number of likely N-dealkylation sites (tertiary alicyclic amines) is 1. The summed E-state index contributed by atoms with van der Waals surface area (Å²) in [5.41, 5.74) is -0.726. The summed E-state index contributed by atoms with van der Waals surface area (Å²) in [5, 5.41) is 9.44. The molecule has 2 aliphatic heterocycles. The molecule has 106 valence electrons. The van der Waals surface area contributed by atoms with Gasteiger partial charge in [-0.05, 0) is 19.3 Å². The molecule has 2 aliphatic rings. The smallest absolute Gasteiger partial charge is 0.320 e. The molecule has 0 saturated carbocycles. The average Bonchev–Trinajstić information content (AvgIpc) is 2.85. The summed E-state index contributed by atoms with van der Waals surface area (Å²) < 4.78 is 0. The number of urea groups is 1. The van der Waals surface area contributed by atoms with Crippen LogP contribution in [0, 0.1) is 5.41 Å². The van der Waals surface area contributed by atoms with Gasteiger partial charge in [0.25, 0.3) is 0 Å². The van der Waals surface area contributed by atoms with Gasteiger partial charge in [0.2, 0.25) is 0 Å². The highest BCUT2D eigenvalue weighted by Gasteiger charge is 2.46. The Morgan fingerprint density at radius 2 is 2.05 bits per heavy atom. The number of nitrogens with zero attached hydrogens (tertiary/aromatic N) is 2. The SMILES string of the molecule is CCCC1(C(=O)O)CCN(C(=O)N2CC=CCC2)C1. The first-order valence-corrected chi connectivity index (χ1v) is 7.01. The minimum Gasteiger partial charge on any atom is -0.481 e. The standard InChI is InChI=1S/C14H22N2O3/c1-2-6-14(12(17)18)7-10-16(11-14)13(19)15-8-4-3-5-9-15/h3-4H,2,5-11H2,1H3,(H,17,18). The summed E-state index contributed by atoms with van der Waals surface area (Å²) in [4.78, 5) is 27.3. The second-order valence-electron chi connectivity index (χ2n) is 5.50. The van der Waals surface area contributed by atoms with E-state index in [1.165, 1.54) is 0 Å². The van der Waals surface area contributed by atoms with Gasteiger partial charge in [0.05, 0.1) is 5.41 Å². The van der Waals surface area contributed by atoms with Crippen LogP contribution in [0.2, 0.25) is 0 Å². The fourth-order valence-corrected chi connectivity index (χ4v) is 3.01. The molecule has 1 saturated heterocycles. The predicted octanol–water partition coefficient (Wildman–Crippen LogP) is 1.95. The number of aliphatic carboxylic acids is 1. The van der Waals surface area contributed by atoms with Crippen molar-refractivity contribution in [3.05, 3.63) is 12.2 Å². The van der Waals surface area contributed by atoms with E-state index in [1.807, 2.05) is 13.0 Å². The molecule has 0 spiro atoms. The van der Waals surface area contributed by atoms with Crippen LogP contribution in [-0.2, 0) is 4.79 Å². The minimum absolute atomic E-state index is 0.0106. The van der Waals surface area contributed by atoms with Gasteiger partial charge in [-0.25, -0.2) is 4.79 Å². The lowest BCUT2D eigenvalue weighted by Crippen LogP contribution is -2.45. The fraction of sp³-hybridized carbons (Fsp3) is 0.714. The van der Waals surface area contributed by atoms with Gasteiger partial charge in [0.1, 0.15) is 0 Å². The van der Waals surface area contributed by atoms with Crippen molar-refractivity contribution in [3.8, 4) is 0 Å². The third-order valence-corrected chi connectivity index (χ3v) is 4.14. The zero-order valence-electron chi connectivity index (χ0n) is 11.5. The molecule has 2 amide bonds. The lowest BCUT2D eigenvalue weighted by Gasteiger charge is -2.30. The zero-order valence-corrected chi connectivity index (χ0v) is 11.5. The summed E-state index contributed by atoms with van der Waals surface area (Å²) >= 11 is 0. The van der Waals surface area contributed by atoms with Crippen molar-refractivity contribution >= 4 is 12.0 Å². The van der Waals surface area contributed by atoms with Crippen LogP contribution in [0.3, 0.4) is 0 Å². The molecule has 0 radical (unpaired) electrons. The van der Waals surface area contributed by atoms with E-state index in [0.717, 1.165) is 19.4 Å². The molecule has 0 aromatic heterocycles. The summed E-state index contributed by atoms with van der Waals surface area (Å²) in [7, 11) is 0. The molecule has 2 heterocycles. The monoisotopic (exact) mass is 266 g/mol. The topological polar surface area (TPSA) is 60.9 Å². The van der Waals surface area contributed by atoms with E-state index in [2.05, 4.69) is 6.08 Å². The van der Waals surface area contributed by atoms with Crippen molar-refractivity contribution in [1.82, 2.24) is 9.80 Å². The maximum absolute atomic E-state index is 12.3. The molecule has 0 aliphatic carbocycles. The van der Waals surface area contributed by atoms with E-state index in [1.54, 1.807) is 9.80 Å². The number of amides is 2. The van der Waals surface area contributed by atoms with Crippen LogP contribution in [0.25, 0.3) is 0 Å². The number of carbonyl (C=O) groups is 2. The van der Waals surface area contributed by atoms with Crippen LogP contribution in [0.15, 0.2) is 12.2 Å². The van der Waals surface area contributed by atoms with E-state index in [4.69, 9.17) is 0 Å². The molecule has 0 bridgehead atoms. The maximum atomic E-state index is 12.3. The van der Waals surface area contributed by atoms with Crippen LogP contribution in [0.4, 0.5) is 4.79 Å². The molecule has 5 heteroatoms. The van der Waals surface area contributed by atoms with Crippen LogP contribution >= 0.6 is 0 Å². The Hall–Kier alpha value is -1.52. The van der Waals surface area contributed by atoms with Crippen molar-refractivity contribution in [3.63, 3.8) is 0 Å². The molecule has 2 rings (SSSR count). The first kappa shape index (κ1) is 13.9. The number of rotatable bonds is 3. The minimum atomic E-state index is -0.761. The number of hydrogen-bond donors (Lipinski definition) is 1.